The van der Waals surface area contributed by atoms with Gasteiger partial charge >= 0.3 is 6.09 Å². The zero-order valence-electron chi connectivity index (χ0n) is 7.96. The Hall–Kier alpha value is -0.730. The van der Waals surface area contributed by atoms with Crippen LogP contribution in [0.3, 0.4) is 0 Å². The van der Waals surface area contributed by atoms with E-state index < -0.39 is 0 Å². The van der Waals surface area contributed by atoms with Crippen molar-refractivity contribution >= 4 is 6.09 Å². The van der Waals surface area contributed by atoms with Crippen LogP contribution >= 0.6 is 0 Å². The minimum atomic E-state index is -0.381. The number of rotatable bonds is 0. The lowest BCUT2D eigenvalue weighted by Gasteiger charge is -2.29. The minimum Gasteiger partial charge on any atom is -0.458 e. The highest BCUT2D eigenvalue weighted by Crippen LogP contribution is 2.16. The van der Waals surface area contributed by atoms with Gasteiger partial charge in [-0.25, -0.2) is 11.3 Å². The van der Waals surface area contributed by atoms with Gasteiger partial charge in [0, 0.05) is 0 Å². The fourth-order valence-electron chi connectivity index (χ4n) is 1.09. The summed E-state index contributed by atoms with van der Waals surface area (Å²) in [4.78, 5) is 13.0. The molecule has 3 nitrogen and oxygen atoms in total. The highest BCUT2D eigenvalue weighted by Gasteiger charge is 2.18. The highest BCUT2D eigenvalue weighted by molar-refractivity contribution is 5.69. The van der Waals surface area contributed by atoms with E-state index in [0.29, 0.717) is 0 Å². The fourth-order valence-corrected chi connectivity index (χ4v) is 1.09. The second-order valence-corrected chi connectivity index (χ2v) is 4.00. The summed E-state index contributed by atoms with van der Waals surface area (Å²) in [6, 6.07) is 0. The number of hydrogen-bond donors (Lipinski definition) is 0. The predicted molar refractivity (Wildman–Crippen MR) is 46.5 cm³/mol. The molecule has 70 valence electrons. The van der Waals surface area contributed by atoms with E-state index in [2.05, 4.69) is 0 Å². The summed E-state index contributed by atoms with van der Waals surface area (Å²) in [5.41, 5.74) is -0.381. The molecule has 1 rings (SSSR count). The highest BCUT2D eigenvalue weighted by atomic mass is 16.6. The summed E-state index contributed by atoms with van der Waals surface area (Å²) in [7, 11) is 0. The summed E-state index contributed by atoms with van der Waals surface area (Å²) in [5, 5.41) is 0. The topological polar surface area (TPSA) is 29.5 Å². The lowest BCUT2D eigenvalue weighted by molar-refractivity contribution is 0.0332. The molecule has 1 amide bonds. The van der Waals surface area contributed by atoms with Crippen molar-refractivity contribution in [2.24, 2.45) is 0 Å². The Morgan fingerprint density at radius 2 is 2.17 bits per heavy atom. The molecule has 0 spiro atoms. The van der Waals surface area contributed by atoms with Crippen LogP contribution in [0.5, 0.6) is 0 Å². The van der Waals surface area contributed by atoms with Crippen LogP contribution in [0.25, 0.3) is 0 Å². The SMILES string of the molecule is CC(C)(C)OC(=O)N1[CH-]CCC1. The van der Waals surface area contributed by atoms with Crippen molar-refractivity contribution < 1.29 is 9.53 Å². The van der Waals surface area contributed by atoms with Crippen LogP contribution in [0, 0.1) is 6.54 Å². The van der Waals surface area contributed by atoms with Gasteiger partial charge in [0.1, 0.15) is 5.60 Å². The zero-order chi connectivity index (χ0) is 9.19. The van der Waals surface area contributed by atoms with Gasteiger partial charge in [-0.1, -0.05) is 6.42 Å². The Bertz CT molecular complexity index is 166. The van der Waals surface area contributed by atoms with Crippen LogP contribution in [0.1, 0.15) is 33.6 Å². The Morgan fingerprint density at radius 3 is 2.58 bits per heavy atom. The second-order valence-electron chi connectivity index (χ2n) is 4.00. The van der Waals surface area contributed by atoms with Crippen LogP contribution in [-0.4, -0.2) is 23.1 Å². The van der Waals surface area contributed by atoms with Gasteiger partial charge in [-0.3, -0.25) is 0 Å². The molecule has 0 aromatic carbocycles. The molecule has 3 heteroatoms. The predicted octanol–water partition coefficient (Wildman–Crippen LogP) is 2.18. The van der Waals surface area contributed by atoms with E-state index in [0.717, 1.165) is 19.4 Å². The third-order valence-corrected chi connectivity index (χ3v) is 1.58. The molecular formula is C9H16NO2-. The number of amides is 1. The Kier molecular flexibility index (Phi) is 2.60. The second kappa shape index (κ2) is 3.33. The van der Waals surface area contributed by atoms with E-state index in [1.54, 1.807) is 4.90 Å². The maximum Gasteiger partial charge on any atom is 0.380 e. The third kappa shape index (κ3) is 2.72. The third-order valence-electron chi connectivity index (χ3n) is 1.58. The van der Waals surface area contributed by atoms with Gasteiger partial charge in [-0.05, 0) is 27.3 Å². The molecule has 0 radical (unpaired) electrons. The van der Waals surface area contributed by atoms with Gasteiger partial charge in [-0.2, -0.15) is 6.42 Å². The van der Waals surface area contributed by atoms with Crippen molar-refractivity contribution in [1.82, 2.24) is 4.90 Å². The molecule has 1 aliphatic rings. The van der Waals surface area contributed by atoms with E-state index in [1.807, 2.05) is 27.3 Å². The molecule has 0 aromatic heterocycles. The van der Waals surface area contributed by atoms with E-state index >= 15 is 0 Å². The van der Waals surface area contributed by atoms with Crippen LogP contribution in [0.2, 0.25) is 0 Å². The van der Waals surface area contributed by atoms with Crippen LogP contribution in [0.15, 0.2) is 0 Å². The maximum absolute atomic E-state index is 11.3. The quantitative estimate of drug-likeness (QED) is 0.521. The molecule has 0 saturated carbocycles. The minimum absolute atomic E-state index is 0.222. The lowest BCUT2D eigenvalue weighted by atomic mass is 10.2. The largest absolute Gasteiger partial charge is 0.458 e. The molecule has 1 aliphatic heterocycles. The van der Waals surface area contributed by atoms with Crippen molar-refractivity contribution in [2.45, 2.75) is 39.2 Å². The molecule has 1 fully saturated rings. The standard InChI is InChI=1S/C9H16NO2/c1-9(2,3)12-8(11)10-6-4-5-7-10/h6H,4-5,7H2,1-3H3/q-1. The summed E-state index contributed by atoms with van der Waals surface area (Å²) in [6.07, 6.45) is 1.82. The van der Waals surface area contributed by atoms with Gasteiger partial charge in [0.2, 0.25) is 0 Å². The molecule has 0 aliphatic carbocycles. The van der Waals surface area contributed by atoms with E-state index in [9.17, 15) is 4.79 Å². The molecule has 0 bridgehead atoms. The smallest absolute Gasteiger partial charge is 0.380 e. The van der Waals surface area contributed by atoms with E-state index in [4.69, 9.17) is 4.74 Å². The summed E-state index contributed by atoms with van der Waals surface area (Å²) < 4.78 is 5.18. The lowest BCUT2D eigenvalue weighted by Crippen LogP contribution is -2.33. The van der Waals surface area contributed by atoms with Crippen molar-refractivity contribution in [3.63, 3.8) is 0 Å². The van der Waals surface area contributed by atoms with Gasteiger partial charge in [0.05, 0.1) is 0 Å². The molecule has 0 unspecified atom stereocenters. The fraction of sp³-hybridized carbons (Fsp3) is 0.778. The summed E-state index contributed by atoms with van der Waals surface area (Å²) >= 11 is 0. The van der Waals surface area contributed by atoms with Crippen LogP contribution in [0.4, 0.5) is 4.79 Å². The molecule has 0 N–H and O–H groups in total. The number of likely N-dealkylation sites (tertiary alicyclic amines) is 1. The Labute approximate surface area is 73.7 Å². The maximum atomic E-state index is 11.3. The number of carbonyl (C=O) groups is 1. The first kappa shape index (κ1) is 9.36. The Morgan fingerprint density at radius 1 is 1.50 bits per heavy atom. The number of nitrogens with zero attached hydrogens (tertiary/aromatic N) is 1. The average Bonchev–Trinajstić information content (AvgIpc) is 2.32. The molecule has 0 aromatic rings. The van der Waals surface area contributed by atoms with Gasteiger partial charge in [0.25, 0.3) is 0 Å². The summed E-state index contributed by atoms with van der Waals surface area (Å²) in [5.74, 6) is 0. The first-order chi connectivity index (χ1) is 5.49. The van der Waals surface area contributed by atoms with Crippen LogP contribution < -0.4 is 0 Å². The molecule has 1 saturated heterocycles. The molecular weight excluding hydrogens is 154 g/mol. The van der Waals surface area contributed by atoms with Crippen molar-refractivity contribution in [3.05, 3.63) is 6.54 Å². The normalized spacial score (nSPS) is 18.1. The first-order valence-electron chi connectivity index (χ1n) is 4.32. The van der Waals surface area contributed by atoms with Gasteiger partial charge < -0.3 is 9.64 Å². The number of ether oxygens (including phenoxy) is 1. The molecule has 0 atom stereocenters. The van der Waals surface area contributed by atoms with Crippen LogP contribution in [-0.2, 0) is 4.74 Å². The Balaban J connectivity index is 2.37. The van der Waals surface area contributed by atoms with Crippen molar-refractivity contribution in [2.75, 3.05) is 6.54 Å². The molecule has 1 heterocycles. The van der Waals surface area contributed by atoms with E-state index in [1.165, 1.54) is 0 Å². The van der Waals surface area contributed by atoms with Crippen molar-refractivity contribution in [1.29, 1.82) is 0 Å². The zero-order valence-corrected chi connectivity index (χ0v) is 7.96. The summed E-state index contributed by atoms with van der Waals surface area (Å²) in [6.45, 7) is 8.33. The molecule has 12 heavy (non-hydrogen) atoms. The van der Waals surface area contributed by atoms with Crippen molar-refractivity contribution in [3.8, 4) is 0 Å². The average molecular weight is 170 g/mol. The monoisotopic (exact) mass is 170 g/mol. The van der Waals surface area contributed by atoms with Gasteiger partial charge in [0.15, 0.2) is 0 Å². The number of hydrogen-bond acceptors (Lipinski definition) is 2. The van der Waals surface area contributed by atoms with E-state index in [-0.39, 0.29) is 11.7 Å². The first-order valence-corrected chi connectivity index (χ1v) is 4.32. The van der Waals surface area contributed by atoms with Gasteiger partial charge in [-0.15, -0.1) is 0 Å². The number of carbonyl (C=O) groups excluding carboxylic acids is 1.